The van der Waals surface area contributed by atoms with Crippen LogP contribution in [-0.4, -0.2) is 34.9 Å². The molecule has 1 saturated carbocycles. The van der Waals surface area contributed by atoms with E-state index in [-0.39, 0.29) is 0 Å². The average molecular weight is 545 g/mol. The van der Waals surface area contributed by atoms with Crippen molar-refractivity contribution in [1.82, 2.24) is 0 Å². The molecular weight excluding hydrogens is 516 g/mol. The van der Waals surface area contributed by atoms with Gasteiger partial charge in [0.25, 0.3) is 17.7 Å². The predicted molar refractivity (Wildman–Crippen MR) is 158 cm³/mol. The highest BCUT2D eigenvalue weighted by molar-refractivity contribution is 6.48. The first-order chi connectivity index (χ1) is 19.9. The lowest BCUT2D eigenvalue weighted by Gasteiger charge is -2.19. The fourth-order valence-corrected chi connectivity index (χ4v) is 7.47. The molecule has 4 aliphatic rings. The van der Waals surface area contributed by atoms with Gasteiger partial charge in [0.05, 0.1) is 34.2 Å². The monoisotopic (exact) mass is 544 g/mol. The number of carbonyl (C=O) groups is 3. The minimum atomic E-state index is -1.61. The van der Waals surface area contributed by atoms with Gasteiger partial charge in [-0.3, -0.25) is 14.4 Å². The maximum atomic E-state index is 14.9. The van der Waals surface area contributed by atoms with Gasteiger partial charge in [0.1, 0.15) is 16.2 Å². The van der Waals surface area contributed by atoms with Crippen LogP contribution < -0.4 is 15.0 Å². The van der Waals surface area contributed by atoms with E-state index >= 15 is 0 Å². The molecule has 1 unspecified atom stereocenters. The van der Waals surface area contributed by atoms with Crippen molar-refractivity contribution >= 4 is 51.9 Å². The SMILES string of the molecule is CCC1=NN(c2ccccc2)C(=O)[C@@]12C1(C(=O)N(c3ccccc3)N=C1C)[C@]21C(=O)N(c2ccccc2)N=C1CC. The van der Waals surface area contributed by atoms with Gasteiger partial charge in [0, 0.05) is 0 Å². The topological polar surface area (TPSA) is 98.0 Å². The molecule has 0 saturated heterocycles. The number of hydrogen-bond donors (Lipinski definition) is 0. The molecule has 3 spiro atoms. The van der Waals surface area contributed by atoms with Crippen molar-refractivity contribution in [3.05, 3.63) is 91.0 Å². The van der Waals surface area contributed by atoms with E-state index in [0.29, 0.717) is 47.0 Å². The smallest absolute Gasteiger partial charge is 0.262 e. The summed E-state index contributed by atoms with van der Waals surface area (Å²) in [5.74, 6) is -1.25. The van der Waals surface area contributed by atoms with Gasteiger partial charge in [-0.05, 0) is 56.2 Å². The Morgan fingerprint density at radius 2 is 0.829 bits per heavy atom. The number of amides is 3. The molecule has 0 N–H and O–H groups in total. The van der Waals surface area contributed by atoms with Crippen LogP contribution in [0.5, 0.6) is 0 Å². The van der Waals surface area contributed by atoms with E-state index < -0.39 is 34.0 Å². The Labute approximate surface area is 237 Å². The molecule has 41 heavy (non-hydrogen) atoms. The Bertz CT molecular complexity index is 1610. The van der Waals surface area contributed by atoms with Crippen molar-refractivity contribution in [1.29, 1.82) is 0 Å². The standard InChI is InChI=1S/C32H28N6O3/c1-4-25-31(28(40)37(34-25)23-17-11-7-12-18-23)30(21(3)33-36(27(30)39)22-15-9-6-10-16-22)32(31)26(5-2)35-38(29(32)41)24-19-13-8-14-20-24/h6-20H,4-5H2,1-3H3/t30?,31-,32+. The lowest BCUT2D eigenvalue weighted by molar-refractivity contribution is -0.126. The molecule has 0 radical (unpaired) electrons. The summed E-state index contributed by atoms with van der Waals surface area (Å²) < 4.78 is 0. The van der Waals surface area contributed by atoms with Crippen molar-refractivity contribution < 1.29 is 14.4 Å². The zero-order valence-electron chi connectivity index (χ0n) is 23.0. The van der Waals surface area contributed by atoms with E-state index in [1.165, 1.54) is 15.0 Å². The van der Waals surface area contributed by atoms with Gasteiger partial charge in [-0.25, -0.2) is 0 Å². The second-order valence-corrected chi connectivity index (χ2v) is 10.6. The third-order valence-electron chi connectivity index (χ3n) is 8.94. The second kappa shape index (κ2) is 8.54. The Hall–Kier alpha value is -4.92. The molecular formula is C32H28N6O3. The number of carbonyl (C=O) groups excluding carboxylic acids is 3. The maximum absolute atomic E-state index is 14.9. The first-order valence-electron chi connectivity index (χ1n) is 13.8. The zero-order valence-corrected chi connectivity index (χ0v) is 23.0. The highest BCUT2D eigenvalue weighted by Crippen LogP contribution is 2.85. The van der Waals surface area contributed by atoms with Crippen molar-refractivity contribution in [2.75, 3.05) is 15.0 Å². The molecule has 3 heterocycles. The van der Waals surface area contributed by atoms with Gasteiger partial charge in [0.15, 0.2) is 0 Å². The lowest BCUT2D eigenvalue weighted by Crippen LogP contribution is -2.41. The summed E-state index contributed by atoms with van der Waals surface area (Å²) >= 11 is 0. The fraction of sp³-hybridized carbons (Fsp3) is 0.250. The number of anilines is 3. The predicted octanol–water partition coefficient (Wildman–Crippen LogP) is 5.01. The molecule has 3 atom stereocenters. The van der Waals surface area contributed by atoms with Crippen LogP contribution in [0.2, 0.25) is 0 Å². The average Bonchev–Trinajstić information content (AvgIpc) is 3.12. The fourth-order valence-electron chi connectivity index (χ4n) is 7.47. The molecule has 9 nitrogen and oxygen atoms in total. The Morgan fingerprint density at radius 1 is 0.512 bits per heavy atom. The summed E-state index contributed by atoms with van der Waals surface area (Å²) in [7, 11) is 0. The molecule has 7 rings (SSSR count). The summed E-state index contributed by atoms with van der Waals surface area (Å²) in [5, 5.41) is 18.4. The van der Waals surface area contributed by atoms with Crippen LogP contribution in [-0.2, 0) is 14.4 Å². The summed E-state index contributed by atoms with van der Waals surface area (Å²) in [6, 6.07) is 27.3. The molecule has 3 aromatic rings. The first-order valence-corrected chi connectivity index (χ1v) is 13.8. The van der Waals surface area contributed by atoms with Gasteiger partial charge in [-0.15, -0.1) is 0 Å². The normalized spacial score (nSPS) is 28.3. The lowest BCUT2D eigenvalue weighted by atomic mass is 9.82. The van der Waals surface area contributed by atoms with E-state index in [4.69, 9.17) is 15.3 Å². The van der Waals surface area contributed by atoms with Crippen LogP contribution in [0.1, 0.15) is 33.6 Å². The van der Waals surface area contributed by atoms with E-state index in [1.807, 2.05) is 68.4 Å². The van der Waals surface area contributed by atoms with Crippen LogP contribution in [0.15, 0.2) is 106 Å². The summed E-state index contributed by atoms with van der Waals surface area (Å²) in [6.45, 7) is 5.55. The van der Waals surface area contributed by atoms with Crippen molar-refractivity contribution in [3.8, 4) is 0 Å². The third kappa shape index (κ3) is 2.66. The first kappa shape index (κ1) is 25.1. The van der Waals surface area contributed by atoms with E-state index in [9.17, 15) is 14.4 Å². The molecule has 3 aromatic carbocycles. The van der Waals surface area contributed by atoms with E-state index in [2.05, 4.69) is 0 Å². The molecule has 204 valence electrons. The van der Waals surface area contributed by atoms with Crippen LogP contribution in [0.3, 0.4) is 0 Å². The number of hydrogen-bond acceptors (Lipinski definition) is 6. The number of nitrogens with zero attached hydrogens (tertiary/aromatic N) is 6. The van der Waals surface area contributed by atoms with Crippen LogP contribution >= 0.6 is 0 Å². The van der Waals surface area contributed by atoms with Crippen LogP contribution in [0, 0.1) is 16.2 Å². The number of hydrazone groups is 3. The number of para-hydroxylation sites is 3. The third-order valence-corrected chi connectivity index (χ3v) is 8.94. The van der Waals surface area contributed by atoms with E-state index in [1.54, 1.807) is 43.3 Å². The second-order valence-electron chi connectivity index (χ2n) is 10.6. The summed E-state index contributed by atoms with van der Waals surface area (Å²) in [5.41, 5.74) is -1.76. The Kier molecular flexibility index (Phi) is 5.22. The minimum Gasteiger partial charge on any atom is -0.271 e. The molecule has 9 heteroatoms. The number of benzene rings is 3. The molecule has 0 aromatic heterocycles. The molecule has 1 aliphatic carbocycles. The highest BCUT2D eigenvalue weighted by atomic mass is 16.2. The van der Waals surface area contributed by atoms with Gasteiger partial charge in [0.2, 0.25) is 0 Å². The van der Waals surface area contributed by atoms with Crippen molar-refractivity contribution in [2.45, 2.75) is 33.6 Å². The molecule has 3 aliphatic heterocycles. The van der Waals surface area contributed by atoms with Crippen molar-refractivity contribution in [3.63, 3.8) is 0 Å². The highest BCUT2D eigenvalue weighted by Gasteiger charge is 3.04. The van der Waals surface area contributed by atoms with Crippen molar-refractivity contribution in [2.24, 2.45) is 31.5 Å². The summed E-state index contributed by atoms with van der Waals surface area (Å²) in [6.07, 6.45) is 0.722. The van der Waals surface area contributed by atoms with Gasteiger partial charge < -0.3 is 0 Å². The van der Waals surface area contributed by atoms with Crippen LogP contribution in [0.25, 0.3) is 0 Å². The van der Waals surface area contributed by atoms with Gasteiger partial charge in [-0.1, -0.05) is 68.4 Å². The Morgan fingerprint density at radius 3 is 1.17 bits per heavy atom. The number of fused-ring (bicyclic) bond motifs is 3. The van der Waals surface area contributed by atoms with Crippen LogP contribution in [0.4, 0.5) is 17.1 Å². The van der Waals surface area contributed by atoms with Gasteiger partial charge in [-0.2, -0.15) is 30.3 Å². The minimum absolute atomic E-state index is 0.361. The summed E-state index contributed by atoms with van der Waals surface area (Å²) in [4.78, 5) is 44.7. The molecule has 3 amide bonds. The molecule has 1 fully saturated rings. The maximum Gasteiger partial charge on any atom is 0.262 e. The van der Waals surface area contributed by atoms with E-state index in [0.717, 1.165) is 0 Å². The Balaban J connectivity index is 1.50. The quantitative estimate of drug-likeness (QED) is 0.452. The van der Waals surface area contributed by atoms with Gasteiger partial charge >= 0.3 is 0 Å². The number of rotatable bonds is 5. The largest absolute Gasteiger partial charge is 0.271 e. The zero-order chi connectivity index (χ0) is 28.6. The molecule has 0 bridgehead atoms.